The molecule has 59 heavy (non-hydrogen) atoms. The SMILES string of the molecule is c1ccc(-c2cccc3c2sc2c(N(c4ccc(-c5ccc6c(ccc7ccccc76)c5)cc4)c4ccc(-c5ccc6c(c5)sc5ccccc56)cc4)cccc23)cc1. The molecule has 2 aromatic heterocycles. The molecule has 276 valence electrons. The van der Waals surface area contributed by atoms with E-state index in [9.17, 15) is 0 Å². The summed E-state index contributed by atoms with van der Waals surface area (Å²) >= 11 is 3.76. The van der Waals surface area contributed by atoms with Crippen molar-refractivity contribution in [2.24, 2.45) is 0 Å². The fraction of sp³-hybridized carbons (Fsp3) is 0. The minimum atomic E-state index is 1.12. The molecule has 2 heterocycles. The van der Waals surface area contributed by atoms with Crippen LogP contribution in [0.15, 0.2) is 212 Å². The van der Waals surface area contributed by atoms with Gasteiger partial charge in [0.15, 0.2) is 0 Å². The van der Waals surface area contributed by atoms with Crippen molar-refractivity contribution in [3.05, 3.63) is 212 Å². The van der Waals surface area contributed by atoms with Crippen LogP contribution in [0.1, 0.15) is 0 Å². The maximum atomic E-state index is 2.44. The molecule has 0 radical (unpaired) electrons. The number of anilines is 3. The molecule has 12 aromatic rings. The first-order valence-electron chi connectivity index (χ1n) is 20.1. The van der Waals surface area contributed by atoms with Gasteiger partial charge in [-0.05, 0) is 103 Å². The summed E-state index contributed by atoms with van der Waals surface area (Å²) in [5.41, 5.74) is 10.8. The number of benzene rings is 10. The highest BCUT2D eigenvalue weighted by atomic mass is 32.1. The molecule has 0 aliphatic carbocycles. The van der Waals surface area contributed by atoms with Gasteiger partial charge in [0.2, 0.25) is 0 Å². The molecule has 0 unspecified atom stereocenters. The highest BCUT2D eigenvalue weighted by Crippen LogP contribution is 2.47. The molecule has 0 N–H and O–H groups in total. The van der Waals surface area contributed by atoms with E-state index in [4.69, 9.17) is 0 Å². The molecule has 0 amide bonds. The van der Waals surface area contributed by atoms with Crippen LogP contribution in [0.2, 0.25) is 0 Å². The topological polar surface area (TPSA) is 3.24 Å². The van der Waals surface area contributed by atoms with Crippen molar-refractivity contribution in [2.45, 2.75) is 0 Å². The summed E-state index contributed by atoms with van der Waals surface area (Å²) in [6, 6.07) is 78.1. The van der Waals surface area contributed by atoms with E-state index in [1.54, 1.807) is 0 Å². The molecule has 0 aliphatic rings. The van der Waals surface area contributed by atoms with E-state index in [1.165, 1.54) is 101 Å². The van der Waals surface area contributed by atoms with E-state index >= 15 is 0 Å². The molecular weight excluding hydrogens is 751 g/mol. The summed E-state index contributed by atoms with van der Waals surface area (Å²) in [5, 5.41) is 10.3. The maximum absolute atomic E-state index is 2.44. The molecule has 3 heteroatoms. The number of thiophene rings is 2. The van der Waals surface area contributed by atoms with E-state index in [-0.39, 0.29) is 0 Å². The van der Waals surface area contributed by atoms with Crippen LogP contribution in [0.5, 0.6) is 0 Å². The van der Waals surface area contributed by atoms with Gasteiger partial charge in [-0.15, -0.1) is 22.7 Å². The number of rotatable bonds is 6. The van der Waals surface area contributed by atoms with Crippen molar-refractivity contribution in [2.75, 3.05) is 4.90 Å². The number of nitrogens with zero attached hydrogens (tertiary/aromatic N) is 1. The lowest BCUT2D eigenvalue weighted by molar-refractivity contribution is 1.30. The average Bonchev–Trinajstić information content (AvgIpc) is 3.88. The van der Waals surface area contributed by atoms with Gasteiger partial charge in [-0.2, -0.15) is 0 Å². The van der Waals surface area contributed by atoms with Crippen LogP contribution in [0.25, 0.3) is 95.3 Å². The van der Waals surface area contributed by atoms with Gasteiger partial charge < -0.3 is 4.90 Å². The molecule has 0 saturated carbocycles. The van der Waals surface area contributed by atoms with Crippen LogP contribution in [0.4, 0.5) is 17.1 Å². The molecular formula is C56H35NS2. The quantitative estimate of drug-likeness (QED) is 0.152. The van der Waals surface area contributed by atoms with Crippen molar-refractivity contribution < 1.29 is 0 Å². The Balaban J connectivity index is 0.983. The lowest BCUT2D eigenvalue weighted by Gasteiger charge is -2.26. The highest BCUT2D eigenvalue weighted by molar-refractivity contribution is 7.27. The Labute approximate surface area is 350 Å². The van der Waals surface area contributed by atoms with E-state index in [2.05, 4.69) is 217 Å². The summed E-state index contributed by atoms with van der Waals surface area (Å²) < 4.78 is 5.24. The zero-order chi connectivity index (χ0) is 38.9. The summed E-state index contributed by atoms with van der Waals surface area (Å²) in [5.74, 6) is 0. The lowest BCUT2D eigenvalue weighted by atomic mass is 9.97. The smallest absolute Gasteiger partial charge is 0.0640 e. The van der Waals surface area contributed by atoms with Crippen molar-refractivity contribution in [1.29, 1.82) is 0 Å². The molecule has 12 rings (SSSR count). The Morgan fingerprint density at radius 2 is 0.847 bits per heavy atom. The summed E-state index contributed by atoms with van der Waals surface area (Å²) in [7, 11) is 0. The predicted octanol–water partition coefficient (Wildman–Crippen LogP) is 17.2. The Morgan fingerprint density at radius 3 is 1.63 bits per heavy atom. The standard InChI is InChI=1S/C56H35NS2/c1-2-10-38(11-3-1)47-15-8-16-50-51-17-9-18-52(56(51)59-55(47)50)57(44-30-24-37(25-31-44)41-27-33-49-48-14-6-7-19-53(48)58-54(49)35-41)43-28-22-36(23-29-43)40-26-32-46-42(34-40)21-20-39-12-4-5-13-45(39)46/h1-35H. The van der Waals surface area contributed by atoms with Crippen LogP contribution >= 0.6 is 22.7 Å². The molecule has 0 atom stereocenters. The minimum Gasteiger partial charge on any atom is -0.309 e. The largest absolute Gasteiger partial charge is 0.309 e. The number of fused-ring (bicyclic) bond motifs is 9. The van der Waals surface area contributed by atoms with Crippen LogP contribution in [0, 0.1) is 0 Å². The Hall–Kier alpha value is -7.04. The van der Waals surface area contributed by atoms with Crippen LogP contribution in [-0.4, -0.2) is 0 Å². The third-order valence-corrected chi connectivity index (χ3v) is 14.3. The van der Waals surface area contributed by atoms with Crippen LogP contribution in [0.3, 0.4) is 0 Å². The maximum Gasteiger partial charge on any atom is 0.0640 e. The van der Waals surface area contributed by atoms with Crippen LogP contribution < -0.4 is 4.90 Å². The molecule has 0 fully saturated rings. The molecule has 0 spiro atoms. The Morgan fingerprint density at radius 1 is 0.288 bits per heavy atom. The van der Waals surface area contributed by atoms with Gasteiger partial charge in [-0.25, -0.2) is 0 Å². The Kier molecular flexibility index (Phi) is 7.97. The molecule has 0 aliphatic heterocycles. The monoisotopic (exact) mass is 785 g/mol. The van der Waals surface area contributed by atoms with Crippen LogP contribution in [-0.2, 0) is 0 Å². The highest BCUT2D eigenvalue weighted by Gasteiger charge is 2.20. The predicted molar refractivity (Wildman–Crippen MR) is 258 cm³/mol. The second-order valence-electron chi connectivity index (χ2n) is 15.3. The second kappa shape index (κ2) is 13.8. The zero-order valence-corrected chi connectivity index (χ0v) is 33.6. The summed E-state index contributed by atoms with van der Waals surface area (Å²) in [6.07, 6.45) is 0. The van der Waals surface area contributed by atoms with Gasteiger partial charge in [0.1, 0.15) is 0 Å². The zero-order valence-electron chi connectivity index (χ0n) is 32.0. The first-order valence-corrected chi connectivity index (χ1v) is 21.7. The second-order valence-corrected chi connectivity index (χ2v) is 17.4. The molecule has 10 aromatic carbocycles. The average molecular weight is 786 g/mol. The molecule has 0 saturated heterocycles. The third kappa shape index (κ3) is 5.73. The minimum absolute atomic E-state index is 1.12. The van der Waals surface area contributed by atoms with Gasteiger partial charge in [0, 0.05) is 47.0 Å². The summed E-state index contributed by atoms with van der Waals surface area (Å²) in [4.78, 5) is 2.44. The number of hydrogen-bond acceptors (Lipinski definition) is 3. The fourth-order valence-corrected chi connectivity index (χ4v) is 11.4. The van der Waals surface area contributed by atoms with Gasteiger partial charge in [-0.3, -0.25) is 0 Å². The van der Waals surface area contributed by atoms with E-state index in [0.717, 1.165) is 11.4 Å². The van der Waals surface area contributed by atoms with Gasteiger partial charge in [0.25, 0.3) is 0 Å². The van der Waals surface area contributed by atoms with Crippen molar-refractivity contribution in [3.8, 4) is 33.4 Å². The van der Waals surface area contributed by atoms with Gasteiger partial charge >= 0.3 is 0 Å². The normalized spacial score (nSPS) is 11.7. The van der Waals surface area contributed by atoms with Crippen molar-refractivity contribution in [3.63, 3.8) is 0 Å². The first kappa shape index (κ1) is 34.0. The van der Waals surface area contributed by atoms with Crippen molar-refractivity contribution in [1.82, 2.24) is 0 Å². The fourth-order valence-electron chi connectivity index (χ4n) is 8.96. The molecule has 0 bridgehead atoms. The lowest BCUT2D eigenvalue weighted by Crippen LogP contribution is -2.10. The van der Waals surface area contributed by atoms with Gasteiger partial charge in [-0.1, -0.05) is 164 Å². The van der Waals surface area contributed by atoms with Gasteiger partial charge in [0.05, 0.1) is 10.4 Å². The van der Waals surface area contributed by atoms with E-state index < -0.39 is 0 Å². The number of hydrogen-bond donors (Lipinski definition) is 0. The Bertz CT molecular complexity index is 3540. The van der Waals surface area contributed by atoms with E-state index in [1.807, 2.05) is 22.7 Å². The summed E-state index contributed by atoms with van der Waals surface area (Å²) in [6.45, 7) is 0. The third-order valence-electron chi connectivity index (χ3n) is 11.9. The molecule has 1 nitrogen and oxygen atoms in total. The van der Waals surface area contributed by atoms with E-state index in [0.29, 0.717) is 0 Å². The van der Waals surface area contributed by atoms with Crippen molar-refractivity contribution >= 4 is 102 Å². The first-order chi connectivity index (χ1) is 29.2.